The average molecular weight is 378 g/mol. The Morgan fingerprint density at radius 2 is 1.88 bits per heavy atom. The zero-order valence-electron chi connectivity index (χ0n) is 14.9. The molecule has 1 aromatic heterocycles. The number of benzene rings is 1. The maximum atomic E-state index is 12.3. The summed E-state index contributed by atoms with van der Waals surface area (Å²) in [6.07, 6.45) is 1.34. The van der Waals surface area contributed by atoms with E-state index in [0.717, 1.165) is 0 Å². The molecule has 1 aromatic carbocycles. The lowest BCUT2D eigenvalue weighted by molar-refractivity contribution is 0.102. The Morgan fingerprint density at radius 1 is 1.23 bits per heavy atom. The maximum absolute atomic E-state index is 12.3. The summed E-state index contributed by atoms with van der Waals surface area (Å²) < 4.78 is 25.7. The van der Waals surface area contributed by atoms with Gasteiger partial charge >= 0.3 is 0 Å². The molecule has 2 aromatic rings. The van der Waals surface area contributed by atoms with Crippen molar-refractivity contribution >= 4 is 33.4 Å². The molecule has 0 atom stereocenters. The number of nitrogens with zero attached hydrogens (tertiary/aromatic N) is 3. The zero-order valence-corrected chi connectivity index (χ0v) is 15.7. The van der Waals surface area contributed by atoms with Crippen LogP contribution in [0.4, 0.5) is 17.5 Å². The van der Waals surface area contributed by atoms with E-state index in [-0.39, 0.29) is 16.3 Å². The first kappa shape index (κ1) is 19.6. The normalized spacial score (nSPS) is 11.4. The van der Waals surface area contributed by atoms with Crippen molar-refractivity contribution in [2.24, 2.45) is 0 Å². The Bertz CT molecular complexity index is 883. The van der Waals surface area contributed by atoms with Crippen molar-refractivity contribution in [3.05, 3.63) is 36.0 Å². The van der Waals surface area contributed by atoms with Crippen molar-refractivity contribution in [1.82, 2.24) is 14.3 Å². The Labute approximate surface area is 152 Å². The molecule has 0 aliphatic carbocycles. The molecule has 2 rings (SSSR count). The van der Waals surface area contributed by atoms with Crippen LogP contribution < -0.4 is 16.4 Å². The molecule has 0 aliphatic heterocycles. The van der Waals surface area contributed by atoms with Crippen LogP contribution in [0.2, 0.25) is 0 Å². The quantitative estimate of drug-likeness (QED) is 0.663. The van der Waals surface area contributed by atoms with Gasteiger partial charge < -0.3 is 16.4 Å². The van der Waals surface area contributed by atoms with Crippen LogP contribution in [0.3, 0.4) is 0 Å². The summed E-state index contributed by atoms with van der Waals surface area (Å²) in [6.45, 7) is 4.64. The standard InChI is InChI=1S/C16H22N6O3S/c1-4-18-16-19-10-13(14(17)21-16)15(23)20-11-6-8-12(9-7-11)26(24,25)22(3)5-2/h6-10H,4-5H2,1-3H3,(H,20,23)(H3,17,18,19,21). The van der Waals surface area contributed by atoms with E-state index in [0.29, 0.717) is 24.7 Å². The molecule has 0 radical (unpaired) electrons. The summed E-state index contributed by atoms with van der Waals surface area (Å²) in [5, 5.41) is 5.55. The van der Waals surface area contributed by atoms with Crippen LogP contribution in [0.1, 0.15) is 24.2 Å². The smallest absolute Gasteiger partial charge is 0.260 e. The Morgan fingerprint density at radius 3 is 2.42 bits per heavy atom. The van der Waals surface area contributed by atoms with Crippen molar-refractivity contribution in [3.63, 3.8) is 0 Å². The lowest BCUT2D eigenvalue weighted by Crippen LogP contribution is -2.26. The molecule has 10 heteroatoms. The summed E-state index contributed by atoms with van der Waals surface area (Å²) in [5.74, 6) is -0.0831. The summed E-state index contributed by atoms with van der Waals surface area (Å²) >= 11 is 0. The third-order valence-electron chi connectivity index (χ3n) is 3.66. The highest BCUT2D eigenvalue weighted by Crippen LogP contribution is 2.19. The van der Waals surface area contributed by atoms with E-state index in [4.69, 9.17) is 5.73 Å². The predicted octanol–water partition coefficient (Wildman–Crippen LogP) is 1.38. The SMILES string of the molecule is CCNc1ncc(C(=O)Nc2ccc(S(=O)(=O)N(C)CC)cc2)c(N)n1. The lowest BCUT2D eigenvalue weighted by atomic mass is 10.2. The summed E-state index contributed by atoms with van der Waals surface area (Å²) in [5.41, 5.74) is 6.37. The van der Waals surface area contributed by atoms with Gasteiger partial charge in [-0.25, -0.2) is 17.7 Å². The number of amides is 1. The minimum atomic E-state index is -3.53. The highest BCUT2D eigenvalue weighted by atomic mass is 32.2. The molecule has 140 valence electrons. The fourth-order valence-electron chi connectivity index (χ4n) is 2.07. The molecule has 0 fully saturated rings. The number of sulfonamides is 1. The molecule has 1 heterocycles. The van der Waals surface area contributed by atoms with Crippen molar-refractivity contribution in [2.45, 2.75) is 18.7 Å². The van der Waals surface area contributed by atoms with Crippen molar-refractivity contribution in [1.29, 1.82) is 0 Å². The Balaban J connectivity index is 2.15. The van der Waals surface area contributed by atoms with Gasteiger partial charge in [0.25, 0.3) is 5.91 Å². The van der Waals surface area contributed by atoms with E-state index in [1.54, 1.807) is 6.92 Å². The summed E-state index contributed by atoms with van der Waals surface area (Å²) in [7, 11) is -2.02. The molecule has 0 spiro atoms. The van der Waals surface area contributed by atoms with E-state index in [1.807, 2.05) is 6.92 Å². The molecule has 0 unspecified atom stereocenters. The van der Waals surface area contributed by atoms with E-state index in [1.165, 1.54) is 41.8 Å². The minimum Gasteiger partial charge on any atom is -0.383 e. The van der Waals surface area contributed by atoms with Crippen LogP contribution >= 0.6 is 0 Å². The van der Waals surface area contributed by atoms with Crippen LogP contribution in [0.5, 0.6) is 0 Å². The number of hydrogen-bond acceptors (Lipinski definition) is 7. The van der Waals surface area contributed by atoms with E-state index in [9.17, 15) is 13.2 Å². The maximum Gasteiger partial charge on any atom is 0.260 e. The molecular weight excluding hydrogens is 356 g/mol. The topological polar surface area (TPSA) is 130 Å². The van der Waals surface area contributed by atoms with Gasteiger partial charge in [0.15, 0.2) is 0 Å². The van der Waals surface area contributed by atoms with Crippen molar-refractivity contribution < 1.29 is 13.2 Å². The van der Waals surface area contributed by atoms with Gasteiger partial charge in [-0.3, -0.25) is 4.79 Å². The van der Waals surface area contributed by atoms with E-state index < -0.39 is 15.9 Å². The summed E-state index contributed by atoms with van der Waals surface area (Å²) in [4.78, 5) is 20.5. The number of nitrogens with two attached hydrogens (primary N) is 1. The molecule has 4 N–H and O–H groups in total. The first-order chi connectivity index (χ1) is 12.3. The number of aromatic nitrogens is 2. The van der Waals surface area contributed by atoms with Gasteiger partial charge in [-0.2, -0.15) is 4.98 Å². The molecule has 0 saturated carbocycles. The van der Waals surface area contributed by atoms with Crippen LogP contribution in [0.15, 0.2) is 35.4 Å². The highest BCUT2D eigenvalue weighted by Gasteiger charge is 2.19. The fourth-order valence-corrected chi connectivity index (χ4v) is 3.25. The van der Waals surface area contributed by atoms with Crippen LogP contribution in [-0.2, 0) is 10.0 Å². The predicted molar refractivity (Wildman–Crippen MR) is 100 cm³/mol. The lowest BCUT2D eigenvalue weighted by Gasteiger charge is -2.15. The van der Waals surface area contributed by atoms with Crippen molar-refractivity contribution in [3.8, 4) is 0 Å². The molecule has 0 saturated heterocycles. The largest absolute Gasteiger partial charge is 0.383 e. The average Bonchev–Trinajstić information content (AvgIpc) is 2.61. The minimum absolute atomic E-state index is 0.0530. The Hall–Kier alpha value is -2.72. The van der Waals surface area contributed by atoms with Gasteiger partial charge in [-0.1, -0.05) is 6.92 Å². The third kappa shape index (κ3) is 4.27. The molecule has 1 amide bonds. The monoisotopic (exact) mass is 378 g/mol. The van der Waals surface area contributed by atoms with Gasteiger partial charge in [-0.15, -0.1) is 0 Å². The number of hydrogen-bond donors (Lipinski definition) is 3. The van der Waals surface area contributed by atoms with Gasteiger partial charge in [0.2, 0.25) is 16.0 Å². The third-order valence-corrected chi connectivity index (χ3v) is 5.61. The number of rotatable bonds is 7. The number of anilines is 3. The molecular formula is C16H22N6O3S. The molecule has 26 heavy (non-hydrogen) atoms. The number of nitrogens with one attached hydrogen (secondary N) is 2. The van der Waals surface area contributed by atoms with Gasteiger partial charge in [-0.05, 0) is 31.2 Å². The molecule has 9 nitrogen and oxygen atoms in total. The molecule has 0 bridgehead atoms. The van der Waals surface area contributed by atoms with Crippen LogP contribution in [-0.4, -0.2) is 48.7 Å². The van der Waals surface area contributed by atoms with Crippen LogP contribution in [0, 0.1) is 0 Å². The number of carbonyl (C=O) groups is 1. The first-order valence-corrected chi connectivity index (χ1v) is 9.47. The first-order valence-electron chi connectivity index (χ1n) is 8.03. The Kier molecular flexibility index (Phi) is 6.11. The van der Waals surface area contributed by atoms with Gasteiger partial charge in [0.1, 0.15) is 11.4 Å². The van der Waals surface area contributed by atoms with Crippen LogP contribution in [0.25, 0.3) is 0 Å². The second-order valence-electron chi connectivity index (χ2n) is 5.42. The van der Waals surface area contributed by atoms with Gasteiger partial charge in [0, 0.05) is 32.0 Å². The second kappa shape index (κ2) is 8.11. The van der Waals surface area contributed by atoms with E-state index in [2.05, 4.69) is 20.6 Å². The summed E-state index contributed by atoms with van der Waals surface area (Å²) in [6, 6.07) is 5.90. The highest BCUT2D eigenvalue weighted by molar-refractivity contribution is 7.89. The second-order valence-corrected chi connectivity index (χ2v) is 7.47. The number of nitrogen functional groups attached to an aromatic ring is 1. The number of carbonyl (C=O) groups excluding carboxylic acids is 1. The fraction of sp³-hybridized carbons (Fsp3) is 0.312. The van der Waals surface area contributed by atoms with E-state index >= 15 is 0 Å². The van der Waals surface area contributed by atoms with Crippen molar-refractivity contribution in [2.75, 3.05) is 36.5 Å². The zero-order chi connectivity index (χ0) is 19.3. The van der Waals surface area contributed by atoms with Gasteiger partial charge in [0.05, 0.1) is 4.90 Å². The molecule has 0 aliphatic rings.